The van der Waals surface area contributed by atoms with Crippen LogP contribution < -0.4 is 0 Å². The van der Waals surface area contributed by atoms with Crippen LogP contribution in [0.4, 0.5) is 0 Å². The third-order valence-electron chi connectivity index (χ3n) is 13.2. The normalized spacial score (nSPS) is 12.0. The predicted molar refractivity (Wildman–Crippen MR) is 275 cm³/mol. The van der Waals surface area contributed by atoms with Crippen LogP contribution in [-0.4, -0.2) is 37.2 Å². The van der Waals surface area contributed by atoms with Gasteiger partial charge in [0.1, 0.15) is 13.2 Å². The number of hydrogen-bond acceptors (Lipinski definition) is 6. The Hall–Kier alpha value is -1.59. The van der Waals surface area contributed by atoms with Crippen LogP contribution in [0.25, 0.3) is 0 Å². The first kappa shape index (κ1) is 62.4. The minimum Gasteiger partial charge on any atom is -0.462 e. The van der Waals surface area contributed by atoms with Crippen molar-refractivity contribution in [1.82, 2.24) is 0 Å². The fourth-order valence-electron chi connectivity index (χ4n) is 8.87. The average Bonchev–Trinajstić information content (AvgIpc) is 3.27. The molecule has 0 saturated carbocycles. The molecule has 0 aliphatic heterocycles. The summed E-state index contributed by atoms with van der Waals surface area (Å²) >= 11 is 0. The first-order chi connectivity index (χ1) is 31.2. The van der Waals surface area contributed by atoms with Gasteiger partial charge in [-0.3, -0.25) is 14.4 Å². The van der Waals surface area contributed by atoms with Gasteiger partial charge in [0.05, 0.1) is 0 Å². The fourth-order valence-corrected chi connectivity index (χ4v) is 8.87. The molecule has 64 heavy (non-hydrogen) atoms. The van der Waals surface area contributed by atoms with Gasteiger partial charge < -0.3 is 14.2 Å². The average molecular weight is 906 g/mol. The van der Waals surface area contributed by atoms with E-state index in [4.69, 9.17) is 14.2 Å². The number of hydrogen-bond donors (Lipinski definition) is 0. The zero-order valence-corrected chi connectivity index (χ0v) is 43.9. The first-order valence-electron chi connectivity index (χ1n) is 28.7. The predicted octanol–water partition coefficient (Wildman–Crippen LogP) is 18.9. The highest BCUT2D eigenvalue weighted by Crippen LogP contribution is 2.18. The summed E-state index contributed by atoms with van der Waals surface area (Å²) < 4.78 is 16.9. The number of carbonyl (C=O) groups is 3. The molecule has 0 aliphatic carbocycles. The van der Waals surface area contributed by atoms with Crippen LogP contribution in [0.15, 0.2) is 0 Å². The topological polar surface area (TPSA) is 78.9 Å². The molecular weight excluding hydrogens is 793 g/mol. The molecule has 0 radical (unpaired) electrons. The van der Waals surface area contributed by atoms with E-state index in [9.17, 15) is 14.4 Å². The second-order valence-corrected chi connectivity index (χ2v) is 20.9. The van der Waals surface area contributed by atoms with Gasteiger partial charge in [0.15, 0.2) is 6.10 Å². The van der Waals surface area contributed by atoms with Crippen LogP contribution >= 0.6 is 0 Å². The van der Waals surface area contributed by atoms with Crippen molar-refractivity contribution in [3.8, 4) is 0 Å². The third kappa shape index (κ3) is 51.4. The quantitative estimate of drug-likeness (QED) is 0.0344. The number of esters is 3. The second-order valence-electron chi connectivity index (χ2n) is 20.9. The van der Waals surface area contributed by atoms with E-state index in [1.165, 1.54) is 212 Å². The Morgan fingerprint density at radius 1 is 0.297 bits per heavy atom. The van der Waals surface area contributed by atoms with Gasteiger partial charge in [0.2, 0.25) is 0 Å². The highest BCUT2D eigenvalue weighted by atomic mass is 16.6. The van der Waals surface area contributed by atoms with Crippen molar-refractivity contribution in [2.45, 2.75) is 330 Å². The fraction of sp³-hybridized carbons (Fsp3) is 0.948. The summed E-state index contributed by atoms with van der Waals surface area (Å²) in [7, 11) is 0. The molecule has 0 N–H and O–H groups in total. The van der Waals surface area contributed by atoms with Gasteiger partial charge in [-0.05, 0) is 31.1 Å². The van der Waals surface area contributed by atoms with E-state index in [0.717, 1.165) is 69.6 Å². The zero-order valence-electron chi connectivity index (χ0n) is 43.9. The van der Waals surface area contributed by atoms with E-state index >= 15 is 0 Å². The van der Waals surface area contributed by atoms with E-state index in [-0.39, 0.29) is 31.1 Å². The molecule has 0 aliphatic rings. The van der Waals surface area contributed by atoms with Crippen LogP contribution in [0, 0.1) is 11.8 Å². The van der Waals surface area contributed by atoms with Crippen LogP contribution in [-0.2, 0) is 28.6 Å². The van der Waals surface area contributed by atoms with Gasteiger partial charge in [0.25, 0.3) is 0 Å². The van der Waals surface area contributed by atoms with Gasteiger partial charge >= 0.3 is 17.9 Å². The molecule has 0 spiro atoms. The highest BCUT2D eigenvalue weighted by molar-refractivity contribution is 5.71. The Morgan fingerprint density at radius 2 is 0.516 bits per heavy atom. The van der Waals surface area contributed by atoms with Crippen LogP contribution in [0.1, 0.15) is 324 Å². The lowest BCUT2D eigenvalue weighted by molar-refractivity contribution is -0.167. The van der Waals surface area contributed by atoms with Crippen LogP contribution in [0.3, 0.4) is 0 Å². The molecule has 0 aromatic heterocycles. The van der Waals surface area contributed by atoms with Crippen molar-refractivity contribution in [2.75, 3.05) is 13.2 Å². The van der Waals surface area contributed by atoms with Crippen molar-refractivity contribution >= 4 is 17.9 Å². The molecule has 0 rings (SSSR count). The zero-order chi connectivity index (χ0) is 46.8. The maximum Gasteiger partial charge on any atom is 0.306 e. The summed E-state index contributed by atoms with van der Waals surface area (Å²) in [5, 5.41) is 0. The molecule has 0 aromatic carbocycles. The summed E-state index contributed by atoms with van der Waals surface area (Å²) in [5.41, 5.74) is 0. The summed E-state index contributed by atoms with van der Waals surface area (Å²) in [6.45, 7) is 11.4. The van der Waals surface area contributed by atoms with Gasteiger partial charge in [0, 0.05) is 19.3 Å². The molecule has 0 unspecified atom stereocenters. The summed E-state index contributed by atoms with van der Waals surface area (Å²) in [4.78, 5) is 38.1. The van der Waals surface area contributed by atoms with E-state index in [0.29, 0.717) is 19.3 Å². The van der Waals surface area contributed by atoms with E-state index in [1.807, 2.05) is 0 Å². The molecule has 0 fully saturated rings. The smallest absolute Gasteiger partial charge is 0.306 e. The second kappa shape index (κ2) is 50.8. The molecule has 0 amide bonds. The molecule has 0 aromatic rings. The molecule has 6 nitrogen and oxygen atoms in total. The Morgan fingerprint density at radius 3 is 0.766 bits per heavy atom. The molecular formula is C58H112O6. The molecule has 6 heteroatoms. The van der Waals surface area contributed by atoms with E-state index in [1.54, 1.807) is 0 Å². The van der Waals surface area contributed by atoms with Crippen molar-refractivity contribution < 1.29 is 28.6 Å². The minimum absolute atomic E-state index is 0.0627. The van der Waals surface area contributed by atoms with E-state index < -0.39 is 6.10 Å². The lowest BCUT2D eigenvalue weighted by Gasteiger charge is -2.18. The largest absolute Gasteiger partial charge is 0.462 e. The number of carbonyl (C=O) groups excluding carboxylic acids is 3. The molecule has 1 atom stereocenters. The molecule has 0 bridgehead atoms. The van der Waals surface area contributed by atoms with Crippen molar-refractivity contribution in [1.29, 1.82) is 0 Å². The summed E-state index contributed by atoms with van der Waals surface area (Å²) in [6, 6.07) is 0. The third-order valence-corrected chi connectivity index (χ3v) is 13.2. The highest BCUT2D eigenvalue weighted by Gasteiger charge is 2.19. The van der Waals surface area contributed by atoms with E-state index in [2.05, 4.69) is 34.6 Å². The van der Waals surface area contributed by atoms with Crippen molar-refractivity contribution in [3.63, 3.8) is 0 Å². The monoisotopic (exact) mass is 905 g/mol. The lowest BCUT2D eigenvalue weighted by Crippen LogP contribution is -2.30. The number of ether oxygens (including phenoxy) is 3. The Balaban J connectivity index is 4.26. The summed E-state index contributed by atoms with van der Waals surface area (Å²) in [6.07, 6.45) is 53.8. The van der Waals surface area contributed by atoms with Crippen LogP contribution in [0.2, 0.25) is 0 Å². The van der Waals surface area contributed by atoms with Crippen molar-refractivity contribution in [3.05, 3.63) is 0 Å². The lowest BCUT2D eigenvalue weighted by atomic mass is 10.0. The minimum atomic E-state index is -0.762. The number of unbranched alkanes of at least 4 members (excludes halogenated alkanes) is 37. The number of rotatable bonds is 52. The Bertz CT molecular complexity index is 978. The molecule has 0 heterocycles. The SMILES string of the molecule is CCCCCCCCCCCCCC(=O)OC[C@H](COC(=O)CCCCCCCCCCCCCCCC(C)C)OC(=O)CCCCCCCCCCCCCCCCCCC(C)C. The van der Waals surface area contributed by atoms with Gasteiger partial charge in [-0.15, -0.1) is 0 Å². The van der Waals surface area contributed by atoms with Gasteiger partial charge in [-0.25, -0.2) is 0 Å². The standard InChI is InChI=1S/C58H112O6/c1-6-7-8-9-10-11-21-28-33-38-43-48-56(59)62-51-55(52-63-57(60)49-44-39-34-29-24-20-16-18-23-27-32-37-42-47-54(4)5)64-58(61)50-45-40-35-30-25-19-15-13-12-14-17-22-26-31-36-41-46-53(2)3/h53-55H,6-52H2,1-5H3/t55-/m1/s1. The maximum atomic E-state index is 12.8. The Kier molecular flexibility index (Phi) is 49.6. The maximum absolute atomic E-state index is 12.8. The van der Waals surface area contributed by atoms with Crippen LogP contribution in [0.5, 0.6) is 0 Å². The Labute approximate surface area is 399 Å². The van der Waals surface area contributed by atoms with Gasteiger partial charge in [-0.2, -0.15) is 0 Å². The molecule has 380 valence electrons. The van der Waals surface area contributed by atoms with Gasteiger partial charge in [-0.1, -0.05) is 285 Å². The molecule has 0 saturated heterocycles. The first-order valence-corrected chi connectivity index (χ1v) is 28.7. The summed E-state index contributed by atoms with van der Waals surface area (Å²) in [5.74, 6) is 0.852. The van der Waals surface area contributed by atoms with Crippen molar-refractivity contribution in [2.24, 2.45) is 11.8 Å².